The van der Waals surface area contributed by atoms with E-state index in [2.05, 4.69) is 4.98 Å². The summed E-state index contributed by atoms with van der Waals surface area (Å²) in [5.41, 5.74) is 4.97. The number of anilines is 1. The molecule has 0 aromatic carbocycles. The molecule has 82 valence electrons. The average molecular weight is 276 g/mol. The van der Waals surface area contributed by atoms with E-state index in [9.17, 15) is 4.79 Å². The molecule has 3 N–H and O–H groups in total. The van der Waals surface area contributed by atoms with Gasteiger partial charge >= 0.3 is 91.8 Å². The number of aromatic nitrogens is 2. The number of hydrogen-bond acceptors (Lipinski definition) is 5. The Bertz CT molecular complexity index is 408. The molecule has 1 aliphatic rings. The van der Waals surface area contributed by atoms with Crippen LogP contribution in [0.1, 0.15) is 6.23 Å². The molecule has 0 aliphatic carbocycles. The minimum absolute atomic E-state index is 0.00759. The van der Waals surface area contributed by atoms with E-state index in [4.69, 9.17) is 15.6 Å². The van der Waals surface area contributed by atoms with E-state index in [0.717, 1.165) is 5.32 Å². The number of nitrogens with two attached hydrogens (primary N) is 1. The molecule has 0 unspecified atom stereocenters. The molecule has 7 heteroatoms. The third kappa shape index (κ3) is 2.21. The van der Waals surface area contributed by atoms with Gasteiger partial charge in [0, 0.05) is 0 Å². The van der Waals surface area contributed by atoms with Crippen LogP contribution in [0.4, 0.5) is 5.82 Å². The Kier molecular flexibility index (Phi) is 3.06. The number of aliphatic hydroxyl groups excluding tert-OH is 1. The molecule has 0 amide bonds. The summed E-state index contributed by atoms with van der Waals surface area (Å²) in [6, 6.07) is 1.56. The van der Waals surface area contributed by atoms with Crippen LogP contribution in [0.2, 0.25) is 5.32 Å². The molecule has 1 aliphatic heterocycles. The molecule has 0 saturated carbocycles. The van der Waals surface area contributed by atoms with E-state index >= 15 is 0 Å². The van der Waals surface area contributed by atoms with E-state index in [1.54, 1.807) is 12.3 Å². The van der Waals surface area contributed by atoms with Gasteiger partial charge in [0.1, 0.15) is 0 Å². The third-order valence-electron chi connectivity index (χ3n) is 2.04. The first kappa shape index (κ1) is 10.6. The molecule has 1 fully saturated rings. The fraction of sp³-hybridized carbons (Fsp3) is 0.500. The Labute approximate surface area is 92.2 Å². The number of nitrogen functional groups attached to an aromatic ring is 1. The summed E-state index contributed by atoms with van der Waals surface area (Å²) in [6.07, 6.45) is 1.27. The molecule has 0 bridgehead atoms. The zero-order valence-corrected chi connectivity index (χ0v) is 9.58. The summed E-state index contributed by atoms with van der Waals surface area (Å²) in [4.78, 5) is 15.1. The van der Waals surface area contributed by atoms with Gasteiger partial charge in [-0.25, -0.2) is 0 Å². The Hall–Kier alpha value is -0.881. The van der Waals surface area contributed by atoms with Crippen molar-refractivity contribution in [1.82, 2.24) is 9.55 Å². The molecule has 2 heterocycles. The van der Waals surface area contributed by atoms with E-state index in [1.165, 1.54) is 4.57 Å². The van der Waals surface area contributed by atoms with Crippen LogP contribution >= 0.6 is 0 Å². The van der Waals surface area contributed by atoms with Gasteiger partial charge in [-0.3, -0.25) is 0 Å². The first-order valence-electron chi connectivity index (χ1n) is 4.43. The molecule has 6 nitrogen and oxygen atoms in total. The second-order valence-electron chi connectivity index (χ2n) is 3.08. The fourth-order valence-electron chi connectivity index (χ4n) is 1.33. The number of hydrogen-bond donors (Lipinski definition) is 2. The predicted octanol–water partition coefficient (Wildman–Crippen LogP) is -1.20. The van der Waals surface area contributed by atoms with Crippen molar-refractivity contribution in [2.45, 2.75) is 16.5 Å². The summed E-state index contributed by atoms with van der Waals surface area (Å²) in [6.45, 7) is 0.00759. The summed E-state index contributed by atoms with van der Waals surface area (Å²) < 4.78 is 6.89. The number of nitrogens with zero attached hydrogens (tertiary/aromatic N) is 2. The Morgan fingerprint density at radius 3 is 3.20 bits per heavy atom. The summed E-state index contributed by atoms with van der Waals surface area (Å²) in [5, 5.41) is 9.56. The van der Waals surface area contributed by atoms with Crippen LogP contribution in [0.3, 0.4) is 0 Å². The molecule has 15 heavy (non-hydrogen) atoms. The third-order valence-corrected chi connectivity index (χ3v) is 4.37. The number of aliphatic hydroxyl groups is 1. The fourth-order valence-corrected chi connectivity index (χ4v) is 3.28. The van der Waals surface area contributed by atoms with E-state index in [-0.39, 0.29) is 38.6 Å². The standard InChI is InChI=1S/C8H11N3O3Se/c9-5-1-2-11(8(13)10-5)6-4-15-7(3-12)14-6/h1-2,6-7,12H,3-4H2,(H2,9,10,13)/t6-,7+/m1/s1. The Balaban J connectivity index is 2.20. The molecule has 2 atom stereocenters. The van der Waals surface area contributed by atoms with Crippen LogP contribution < -0.4 is 11.4 Å². The van der Waals surface area contributed by atoms with Crippen LogP contribution in [0, 0.1) is 0 Å². The molecule has 0 spiro atoms. The van der Waals surface area contributed by atoms with Gasteiger partial charge in [-0.1, -0.05) is 0 Å². The van der Waals surface area contributed by atoms with Gasteiger partial charge in [-0.05, 0) is 0 Å². The molecule has 1 aromatic heterocycles. The van der Waals surface area contributed by atoms with Crippen LogP contribution in [-0.2, 0) is 4.74 Å². The second kappa shape index (κ2) is 4.32. The molecular formula is C8H11N3O3Se. The molecular weight excluding hydrogens is 265 g/mol. The predicted molar refractivity (Wildman–Crippen MR) is 54.5 cm³/mol. The normalized spacial score (nSPS) is 25.7. The first-order chi connectivity index (χ1) is 7.20. The zero-order chi connectivity index (χ0) is 10.8. The summed E-state index contributed by atoms with van der Waals surface area (Å²) in [7, 11) is 0. The summed E-state index contributed by atoms with van der Waals surface area (Å²) in [5.74, 6) is 0.207. The van der Waals surface area contributed by atoms with Crippen molar-refractivity contribution < 1.29 is 9.84 Å². The van der Waals surface area contributed by atoms with Gasteiger partial charge in [0.05, 0.1) is 0 Å². The summed E-state index contributed by atoms with van der Waals surface area (Å²) >= 11 is 0.209. The van der Waals surface area contributed by atoms with Crippen molar-refractivity contribution >= 4 is 20.8 Å². The van der Waals surface area contributed by atoms with E-state index < -0.39 is 5.69 Å². The van der Waals surface area contributed by atoms with Gasteiger partial charge in [-0.2, -0.15) is 0 Å². The van der Waals surface area contributed by atoms with Gasteiger partial charge in [0.15, 0.2) is 0 Å². The molecule has 0 radical (unpaired) electrons. The Morgan fingerprint density at radius 1 is 1.80 bits per heavy atom. The van der Waals surface area contributed by atoms with Crippen LogP contribution in [0.25, 0.3) is 0 Å². The Morgan fingerprint density at radius 2 is 2.60 bits per heavy atom. The minimum atomic E-state index is -0.408. The van der Waals surface area contributed by atoms with E-state index in [0.29, 0.717) is 0 Å². The van der Waals surface area contributed by atoms with E-state index in [1.807, 2.05) is 0 Å². The van der Waals surface area contributed by atoms with Gasteiger partial charge in [0.25, 0.3) is 0 Å². The first-order valence-corrected chi connectivity index (χ1v) is 6.63. The van der Waals surface area contributed by atoms with Gasteiger partial charge in [0.2, 0.25) is 0 Å². The van der Waals surface area contributed by atoms with Crippen molar-refractivity contribution in [2.75, 3.05) is 12.3 Å². The van der Waals surface area contributed by atoms with Crippen LogP contribution in [0.15, 0.2) is 17.1 Å². The zero-order valence-electron chi connectivity index (χ0n) is 7.87. The van der Waals surface area contributed by atoms with Crippen LogP contribution in [-0.4, -0.2) is 41.2 Å². The molecule has 1 aromatic rings. The maximum atomic E-state index is 11.5. The van der Waals surface area contributed by atoms with Crippen molar-refractivity contribution in [1.29, 1.82) is 0 Å². The number of rotatable bonds is 2. The van der Waals surface area contributed by atoms with Crippen molar-refractivity contribution in [3.8, 4) is 0 Å². The second-order valence-corrected chi connectivity index (χ2v) is 5.58. The van der Waals surface area contributed by atoms with Crippen molar-refractivity contribution in [3.05, 3.63) is 22.7 Å². The molecule has 1 saturated heterocycles. The topological polar surface area (TPSA) is 90.4 Å². The van der Waals surface area contributed by atoms with Crippen molar-refractivity contribution in [3.63, 3.8) is 0 Å². The average Bonchev–Trinajstić information content (AvgIpc) is 2.66. The maximum absolute atomic E-state index is 11.5. The monoisotopic (exact) mass is 277 g/mol. The van der Waals surface area contributed by atoms with Crippen molar-refractivity contribution in [2.24, 2.45) is 0 Å². The van der Waals surface area contributed by atoms with Gasteiger partial charge in [-0.15, -0.1) is 0 Å². The molecule has 2 rings (SSSR count). The van der Waals surface area contributed by atoms with Gasteiger partial charge < -0.3 is 0 Å². The quantitative estimate of drug-likeness (QED) is 0.662. The number of ether oxygens (including phenoxy) is 1. The SMILES string of the molecule is Nc1ccn([C@H]2C[Se][C@@H](CO)O2)c(=O)n1. The van der Waals surface area contributed by atoms with Crippen LogP contribution in [0.5, 0.6) is 0 Å².